The van der Waals surface area contributed by atoms with Crippen LogP contribution >= 0.6 is 22.9 Å². The van der Waals surface area contributed by atoms with Crippen LogP contribution in [0.4, 0.5) is 18.2 Å². The molecule has 4 aromatic rings. The average molecular weight is 516 g/mol. The highest BCUT2D eigenvalue weighted by atomic mass is 35.5. The quantitative estimate of drug-likeness (QED) is 0.343. The zero-order valence-electron chi connectivity index (χ0n) is 18.3. The van der Waals surface area contributed by atoms with E-state index in [1.165, 1.54) is 11.3 Å². The number of thiophene rings is 1. The second kappa shape index (κ2) is 8.66. The largest absolute Gasteiger partial charge is 0.433 e. The zero-order valence-corrected chi connectivity index (χ0v) is 19.9. The maximum Gasteiger partial charge on any atom is 0.433 e. The van der Waals surface area contributed by atoms with Crippen molar-refractivity contribution in [3.8, 4) is 17.3 Å². The Morgan fingerprint density at radius 2 is 2.06 bits per heavy atom. The third kappa shape index (κ3) is 4.15. The molecule has 1 aliphatic carbocycles. The minimum atomic E-state index is -4.77. The Balaban J connectivity index is 1.59. The molecule has 0 aliphatic heterocycles. The lowest BCUT2D eigenvalue weighted by atomic mass is 9.89. The fourth-order valence-corrected chi connectivity index (χ4v) is 5.82. The van der Waals surface area contributed by atoms with Gasteiger partial charge in [0.1, 0.15) is 16.1 Å². The number of carbonyl (C=O) groups is 1. The number of nitrogens with zero attached hydrogens (tertiary/aromatic N) is 4. The molecule has 0 fully saturated rings. The third-order valence-corrected chi connectivity index (χ3v) is 7.48. The maximum atomic E-state index is 13.9. The van der Waals surface area contributed by atoms with Crippen molar-refractivity contribution in [3.63, 3.8) is 0 Å². The Labute approximate surface area is 207 Å². The first-order valence-corrected chi connectivity index (χ1v) is 11.9. The van der Waals surface area contributed by atoms with Gasteiger partial charge in [0, 0.05) is 10.4 Å². The summed E-state index contributed by atoms with van der Waals surface area (Å²) in [5.41, 5.74) is 0.00218. The number of carbonyl (C=O) groups excluding carboxylic acids is 1. The lowest BCUT2D eigenvalue weighted by Crippen LogP contribution is -2.16. The van der Waals surface area contributed by atoms with Crippen LogP contribution in [-0.2, 0) is 19.0 Å². The Morgan fingerprint density at radius 3 is 2.74 bits per heavy atom. The molecule has 0 saturated carbocycles. The van der Waals surface area contributed by atoms with E-state index in [2.05, 4.69) is 28.4 Å². The fraction of sp³-hybridized carbons (Fsp3) is 0.250. The predicted octanol–water partition coefficient (Wildman–Crippen LogP) is 6.38. The van der Waals surface area contributed by atoms with E-state index in [9.17, 15) is 23.2 Å². The Kier molecular flexibility index (Phi) is 5.77. The number of rotatable bonds is 3. The average Bonchev–Trinajstić information content (AvgIpc) is 3.34. The Morgan fingerprint density at radius 1 is 1.31 bits per heavy atom. The van der Waals surface area contributed by atoms with Crippen LogP contribution in [0.1, 0.15) is 45.5 Å². The summed E-state index contributed by atoms with van der Waals surface area (Å²) < 4.78 is 42.2. The number of halogens is 4. The predicted molar refractivity (Wildman–Crippen MR) is 127 cm³/mol. The smallest absolute Gasteiger partial charge is 0.311 e. The van der Waals surface area contributed by atoms with Gasteiger partial charge >= 0.3 is 6.18 Å². The lowest BCUT2D eigenvalue weighted by Gasteiger charge is -2.17. The number of nitriles is 1. The lowest BCUT2D eigenvalue weighted by molar-refractivity contribution is -0.142. The minimum Gasteiger partial charge on any atom is -0.311 e. The normalized spacial score (nSPS) is 15.6. The second-order valence-electron chi connectivity index (χ2n) is 8.41. The number of anilines is 1. The molecule has 35 heavy (non-hydrogen) atoms. The SMILES string of the molecule is C[C@@H]1CCc2c(sc(NC(=O)c3nn4c(C(F)(F)F)cc(-c5ccccc5)nc4c3Cl)c2C#N)C1. The topological polar surface area (TPSA) is 83.1 Å². The summed E-state index contributed by atoms with van der Waals surface area (Å²) in [6.45, 7) is 2.12. The Bertz CT molecular complexity index is 1500. The van der Waals surface area contributed by atoms with Gasteiger partial charge in [0.25, 0.3) is 5.91 Å². The molecule has 3 heterocycles. The third-order valence-electron chi connectivity index (χ3n) is 5.96. The molecule has 1 N–H and O–H groups in total. The van der Waals surface area contributed by atoms with Gasteiger partial charge in [-0.05, 0) is 36.8 Å². The van der Waals surface area contributed by atoms with Gasteiger partial charge in [-0.1, -0.05) is 48.9 Å². The summed E-state index contributed by atoms with van der Waals surface area (Å²) in [5, 5.41) is 16.2. The van der Waals surface area contributed by atoms with Crippen molar-refractivity contribution in [2.24, 2.45) is 5.92 Å². The van der Waals surface area contributed by atoms with Crippen molar-refractivity contribution in [1.29, 1.82) is 5.26 Å². The summed E-state index contributed by atoms with van der Waals surface area (Å²) in [4.78, 5) is 18.4. The molecule has 6 nitrogen and oxygen atoms in total. The molecule has 0 radical (unpaired) electrons. The number of aromatic nitrogens is 3. The van der Waals surface area contributed by atoms with Crippen molar-refractivity contribution >= 4 is 39.5 Å². The molecule has 0 unspecified atom stereocenters. The van der Waals surface area contributed by atoms with E-state index in [-0.39, 0.29) is 16.4 Å². The maximum absolute atomic E-state index is 13.9. The molecule has 1 atom stereocenters. The first-order chi connectivity index (χ1) is 16.7. The molecular formula is C24H17ClF3N5OS. The molecule has 3 aromatic heterocycles. The van der Waals surface area contributed by atoms with Gasteiger partial charge < -0.3 is 5.32 Å². The fourth-order valence-electron chi connectivity index (χ4n) is 4.21. The van der Waals surface area contributed by atoms with Crippen molar-refractivity contribution in [2.75, 3.05) is 5.32 Å². The molecule has 178 valence electrons. The van der Waals surface area contributed by atoms with Crippen LogP contribution in [-0.4, -0.2) is 20.5 Å². The van der Waals surface area contributed by atoms with Crippen molar-refractivity contribution in [2.45, 2.75) is 32.4 Å². The van der Waals surface area contributed by atoms with Crippen LogP contribution < -0.4 is 5.32 Å². The van der Waals surface area contributed by atoms with Gasteiger partial charge in [0.15, 0.2) is 17.0 Å². The van der Waals surface area contributed by atoms with Crippen molar-refractivity contribution in [1.82, 2.24) is 14.6 Å². The number of hydrogen-bond acceptors (Lipinski definition) is 5. The van der Waals surface area contributed by atoms with Crippen LogP contribution in [0.15, 0.2) is 36.4 Å². The molecule has 1 aromatic carbocycles. The molecule has 11 heteroatoms. The highest BCUT2D eigenvalue weighted by Crippen LogP contribution is 2.40. The van der Waals surface area contributed by atoms with Crippen molar-refractivity contribution < 1.29 is 18.0 Å². The highest BCUT2D eigenvalue weighted by molar-refractivity contribution is 7.16. The second-order valence-corrected chi connectivity index (χ2v) is 9.89. The first-order valence-electron chi connectivity index (χ1n) is 10.7. The standard InChI is InChI=1S/C24H17ClF3N5OS/c1-12-7-8-14-15(11-29)23(35-17(14)9-12)31-22(34)20-19(25)21-30-16(13-5-3-2-4-6-13)10-18(24(26,27)28)33(21)32-20/h2-6,10,12H,7-9H2,1H3,(H,31,34)/t12-/m1/s1. The van der Waals surface area contributed by atoms with Crippen molar-refractivity contribution in [3.05, 3.63) is 68.8 Å². The number of hydrogen-bond donors (Lipinski definition) is 1. The van der Waals surface area contributed by atoms with Crippen LogP contribution in [0.5, 0.6) is 0 Å². The van der Waals surface area contributed by atoms with Gasteiger partial charge in [0.2, 0.25) is 0 Å². The summed E-state index contributed by atoms with van der Waals surface area (Å²) >= 11 is 7.66. The summed E-state index contributed by atoms with van der Waals surface area (Å²) in [7, 11) is 0. The molecule has 0 bridgehead atoms. The van der Waals surface area contributed by atoms with E-state index in [0.717, 1.165) is 35.8 Å². The molecule has 0 saturated heterocycles. The number of alkyl halides is 3. The summed E-state index contributed by atoms with van der Waals surface area (Å²) in [6.07, 6.45) is -2.28. The van der Waals surface area contributed by atoms with E-state index >= 15 is 0 Å². The molecule has 5 rings (SSSR count). The molecule has 1 amide bonds. The van der Waals surface area contributed by atoms with E-state index in [4.69, 9.17) is 11.6 Å². The van der Waals surface area contributed by atoms with Gasteiger partial charge in [-0.2, -0.15) is 23.5 Å². The highest BCUT2D eigenvalue weighted by Gasteiger charge is 2.37. The number of fused-ring (bicyclic) bond motifs is 2. The summed E-state index contributed by atoms with van der Waals surface area (Å²) in [6, 6.07) is 11.4. The van der Waals surface area contributed by atoms with E-state index in [1.54, 1.807) is 30.3 Å². The van der Waals surface area contributed by atoms with Gasteiger partial charge in [0.05, 0.1) is 11.3 Å². The zero-order chi connectivity index (χ0) is 24.9. The van der Waals surface area contributed by atoms with Gasteiger partial charge in [-0.15, -0.1) is 11.3 Å². The molecule has 0 spiro atoms. The van der Waals surface area contributed by atoms with Crippen LogP contribution in [0.25, 0.3) is 16.9 Å². The number of benzene rings is 1. The number of nitrogens with one attached hydrogen (secondary N) is 1. The summed E-state index contributed by atoms with van der Waals surface area (Å²) in [5.74, 6) is -0.340. The van der Waals surface area contributed by atoms with Gasteiger partial charge in [-0.3, -0.25) is 4.79 Å². The van der Waals surface area contributed by atoms with Crippen LogP contribution in [0.3, 0.4) is 0 Å². The van der Waals surface area contributed by atoms with E-state index < -0.39 is 23.5 Å². The monoisotopic (exact) mass is 515 g/mol. The first kappa shape index (κ1) is 23.3. The van der Waals surface area contributed by atoms with E-state index in [0.29, 0.717) is 26.6 Å². The Hall–Kier alpha value is -3.42. The van der Waals surface area contributed by atoms with Crippen LogP contribution in [0.2, 0.25) is 5.02 Å². The molecule has 1 aliphatic rings. The minimum absolute atomic E-state index is 0.0472. The van der Waals surface area contributed by atoms with E-state index in [1.807, 2.05) is 0 Å². The number of amides is 1. The molecular weight excluding hydrogens is 499 g/mol. The van der Waals surface area contributed by atoms with Gasteiger partial charge in [-0.25, -0.2) is 9.50 Å². The van der Waals surface area contributed by atoms with Crippen LogP contribution in [0, 0.1) is 17.2 Å².